The first-order chi connectivity index (χ1) is 6.66. The van der Waals surface area contributed by atoms with Crippen LogP contribution in [0.2, 0.25) is 0 Å². The normalized spacial score (nSPS) is 21.0. The number of hydrogen-bond donors (Lipinski definition) is 0. The maximum atomic E-state index is 13.2. The lowest BCUT2D eigenvalue weighted by Gasteiger charge is -2.09. The maximum absolute atomic E-state index is 13.2. The van der Waals surface area contributed by atoms with Crippen LogP contribution in [0, 0.1) is 12.7 Å². The second-order valence-corrected chi connectivity index (χ2v) is 3.53. The number of esters is 1. The van der Waals surface area contributed by atoms with E-state index in [2.05, 4.69) is 0 Å². The van der Waals surface area contributed by atoms with Crippen LogP contribution in [0.1, 0.15) is 30.1 Å². The summed E-state index contributed by atoms with van der Waals surface area (Å²) in [5, 5.41) is 0. The molecule has 0 aromatic heterocycles. The Hall–Kier alpha value is -1.38. The monoisotopic (exact) mass is 194 g/mol. The van der Waals surface area contributed by atoms with Gasteiger partial charge in [0.25, 0.3) is 0 Å². The molecule has 1 heterocycles. The lowest BCUT2D eigenvalue weighted by atomic mass is 10.0. The van der Waals surface area contributed by atoms with Crippen molar-refractivity contribution in [1.29, 1.82) is 0 Å². The summed E-state index contributed by atoms with van der Waals surface area (Å²) < 4.78 is 18.2. The molecule has 0 radical (unpaired) electrons. The zero-order valence-electron chi connectivity index (χ0n) is 7.92. The third-order valence-corrected chi connectivity index (χ3v) is 2.45. The van der Waals surface area contributed by atoms with E-state index in [1.54, 1.807) is 13.0 Å². The van der Waals surface area contributed by atoms with E-state index in [0.29, 0.717) is 18.4 Å². The van der Waals surface area contributed by atoms with Crippen molar-refractivity contribution in [2.24, 2.45) is 0 Å². The molecule has 1 atom stereocenters. The van der Waals surface area contributed by atoms with Crippen molar-refractivity contribution in [3.05, 3.63) is 35.1 Å². The van der Waals surface area contributed by atoms with Crippen LogP contribution >= 0.6 is 0 Å². The van der Waals surface area contributed by atoms with E-state index in [4.69, 9.17) is 4.74 Å². The molecule has 0 saturated carbocycles. The first-order valence-electron chi connectivity index (χ1n) is 4.62. The molecule has 0 amide bonds. The van der Waals surface area contributed by atoms with Crippen LogP contribution in [0.5, 0.6) is 0 Å². The summed E-state index contributed by atoms with van der Waals surface area (Å²) in [6, 6.07) is 4.96. The lowest BCUT2D eigenvalue weighted by molar-refractivity contribution is -0.141. The highest BCUT2D eigenvalue weighted by atomic mass is 19.1. The Balaban J connectivity index is 2.24. The van der Waals surface area contributed by atoms with Gasteiger partial charge in [-0.2, -0.15) is 0 Å². The van der Waals surface area contributed by atoms with Crippen LogP contribution in [0.4, 0.5) is 4.39 Å². The minimum absolute atomic E-state index is 0.198. The standard InChI is InChI=1S/C11H11FO2/c1-7-2-3-8(6-9(7)12)10-4-5-11(13)14-10/h2-3,6,10H,4-5H2,1H3. The molecule has 0 bridgehead atoms. The smallest absolute Gasteiger partial charge is 0.306 e. The fourth-order valence-electron chi connectivity index (χ4n) is 1.57. The van der Waals surface area contributed by atoms with Gasteiger partial charge in [0.1, 0.15) is 11.9 Å². The van der Waals surface area contributed by atoms with E-state index < -0.39 is 0 Å². The van der Waals surface area contributed by atoms with Crippen molar-refractivity contribution < 1.29 is 13.9 Å². The van der Waals surface area contributed by atoms with Gasteiger partial charge >= 0.3 is 5.97 Å². The average molecular weight is 194 g/mol. The van der Waals surface area contributed by atoms with Gasteiger partial charge in [0.2, 0.25) is 0 Å². The molecular formula is C11H11FO2. The quantitative estimate of drug-likeness (QED) is 0.642. The third kappa shape index (κ3) is 1.62. The van der Waals surface area contributed by atoms with E-state index in [-0.39, 0.29) is 17.9 Å². The molecule has 1 aromatic carbocycles. The van der Waals surface area contributed by atoms with E-state index >= 15 is 0 Å². The number of ether oxygens (including phenoxy) is 1. The summed E-state index contributed by atoms with van der Waals surface area (Å²) in [6.45, 7) is 1.71. The molecule has 1 aliphatic heterocycles. The predicted octanol–water partition coefficient (Wildman–Crippen LogP) is 2.51. The number of hydrogen-bond acceptors (Lipinski definition) is 2. The Morgan fingerprint density at radius 1 is 1.50 bits per heavy atom. The third-order valence-electron chi connectivity index (χ3n) is 2.45. The van der Waals surface area contributed by atoms with Gasteiger partial charge in [-0.15, -0.1) is 0 Å². The van der Waals surface area contributed by atoms with Crippen LogP contribution in [0.3, 0.4) is 0 Å². The summed E-state index contributed by atoms with van der Waals surface area (Å²) in [5.74, 6) is -0.443. The molecular weight excluding hydrogens is 183 g/mol. The highest BCUT2D eigenvalue weighted by molar-refractivity contribution is 5.71. The number of aryl methyl sites for hydroxylation is 1. The van der Waals surface area contributed by atoms with Crippen LogP contribution in [0.15, 0.2) is 18.2 Å². The van der Waals surface area contributed by atoms with Gasteiger partial charge < -0.3 is 4.74 Å². The van der Waals surface area contributed by atoms with Gasteiger partial charge in [0.15, 0.2) is 0 Å². The first kappa shape index (κ1) is 9.19. The van der Waals surface area contributed by atoms with Gasteiger partial charge in [-0.25, -0.2) is 4.39 Å². The number of benzene rings is 1. The van der Waals surface area contributed by atoms with Gasteiger partial charge in [-0.1, -0.05) is 12.1 Å². The van der Waals surface area contributed by atoms with E-state index in [1.807, 2.05) is 6.07 Å². The molecule has 0 N–H and O–H groups in total. The second-order valence-electron chi connectivity index (χ2n) is 3.53. The fourth-order valence-corrected chi connectivity index (χ4v) is 1.57. The predicted molar refractivity (Wildman–Crippen MR) is 49.2 cm³/mol. The van der Waals surface area contributed by atoms with Crippen molar-refractivity contribution in [2.75, 3.05) is 0 Å². The molecule has 1 aliphatic rings. The second kappa shape index (κ2) is 3.40. The van der Waals surface area contributed by atoms with E-state index in [1.165, 1.54) is 6.07 Å². The number of carbonyl (C=O) groups is 1. The maximum Gasteiger partial charge on any atom is 0.306 e. The molecule has 2 nitrogen and oxygen atoms in total. The largest absolute Gasteiger partial charge is 0.457 e. The van der Waals surface area contributed by atoms with Crippen LogP contribution in [-0.2, 0) is 9.53 Å². The molecule has 1 fully saturated rings. The van der Waals surface area contributed by atoms with Gasteiger partial charge in [-0.3, -0.25) is 4.79 Å². The SMILES string of the molecule is Cc1ccc(C2CCC(=O)O2)cc1F. The highest BCUT2D eigenvalue weighted by Gasteiger charge is 2.25. The first-order valence-corrected chi connectivity index (χ1v) is 4.62. The molecule has 1 saturated heterocycles. The van der Waals surface area contributed by atoms with Crippen molar-refractivity contribution in [3.63, 3.8) is 0 Å². The van der Waals surface area contributed by atoms with Crippen molar-refractivity contribution in [1.82, 2.24) is 0 Å². The lowest BCUT2D eigenvalue weighted by Crippen LogP contribution is -1.99. The van der Waals surface area contributed by atoms with Crippen molar-refractivity contribution in [2.45, 2.75) is 25.9 Å². The summed E-state index contributed by atoms with van der Waals surface area (Å²) in [5.41, 5.74) is 1.36. The molecule has 0 spiro atoms. The summed E-state index contributed by atoms with van der Waals surface area (Å²) >= 11 is 0. The van der Waals surface area contributed by atoms with Gasteiger partial charge in [0.05, 0.1) is 0 Å². The van der Waals surface area contributed by atoms with Crippen LogP contribution in [-0.4, -0.2) is 5.97 Å². The van der Waals surface area contributed by atoms with Gasteiger partial charge in [0, 0.05) is 6.42 Å². The summed E-state index contributed by atoms with van der Waals surface area (Å²) in [7, 11) is 0. The Morgan fingerprint density at radius 3 is 2.86 bits per heavy atom. The number of halogens is 1. The summed E-state index contributed by atoms with van der Waals surface area (Å²) in [4.78, 5) is 10.9. The topological polar surface area (TPSA) is 26.3 Å². The van der Waals surface area contributed by atoms with E-state index in [9.17, 15) is 9.18 Å². The van der Waals surface area contributed by atoms with E-state index in [0.717, 1.165) is 5.56 Å². The van der Waals surface area contributed by atoms with Gasteiger partial charge in [-0.05, 0) is 30.5 Å². The number of cyclic esters (lactones) is 1. The summed E-state index contributed by atoms with van der Waals surface area (Å²) in [6.07, 6.45) is 0.833. The Bertz CT molecular complexity index is 374. The Labute approximate surface area is 81.7 Å². The minimum atomic E-state index is -0.252. The Kier molecular flexibility index (Phi) is 2.23. The average Bonchev–Trinajstić information content (AvgIpc) is 2.57. The van der Waals surface area contributed by atoms with Crippen LogP contribution < -0.4 is 0 Å². The number of rotatable bonds is 1. The molecule has 1 unspecified atom stereocenters. The van der Waals surface area contributed by atoms with Crippen LogP contribution in [0.25, 0.3) is 0 Å². The fraction of sp³-hybridized carbons (Fsp3) is 0.364. The Morgan fingerprint density at radius 2 is 2.29 bits per heavy atom. The zero-order valence-corrected chi connectivity index (χ0v) is 7.92. The van der Waals surface area contributed by atoms with Crippen molar-refractivity contribution in [3.8, 4) is 0 Å². The van der Waals surface area contributed by atoms with Crippen molar-refractivity contribution >= 4 is 5.97 Å². The zero-order chi connectivity index (χ0) is 10.1. The molecule has 1 aromatic rings. The highest BCUT2D eigenvalue weighted by Crippen LogP contribution is 2.29. The molecule has 74 valence electrons. The molecule has 2 rings (SSSR count). The minimum Gasteiger partial charge on any atom is -0.457 e. The molecule has 14 heavy (non-hydrogen) atoms. The molecule has 3 heteroatoms. The molecule has 0 aliphatic carbocycles. The number of carbonyl (C=O) groups excluding carboxylic acids is 1.